The third-order valence-electron chi connectivity index (χ3n) is 11.0. The van der Waals surface area contributed by atoms with Gasteiger partial charge in [0.25, 0.3) is 0 Å². The molecular formula is C50H70N2O10S2. The van der Waals surface area contributed by atoms with Gasteiger partial charge in [0.05, 0.1) is 51.1 Å². The van der Waals surface area contributed by atoms with E-state index < -0.39 is 42.8 Å². The normalized spacial score (nSPS) is 14.6. The summed E-state index contributed by atoms with van der Waals surface area (Å²) in [5.41, 5.74) is 3.43. The maximum Gasteiger partial charge on any atom is 0.217 e. The maximum atomic E-state index is 13.9. The molecular weight excluding hydrogens is 853 g/mol. The lowest BCUT2D eigenvalue weighted by Crippen LogP contribution is -2.42. The molecule has 0 saturated heterocycles. The largest absolute Gasteiger partial charge is 0.497 e. The standard InChI is InChI=1S/2C25H35NO5S/c2*1-6-7-19(2)25(16-20(3)27)32(28,29)26(17-21-8-12-23(30-4)13-9-21)18-22-10-14-24(31-5)15-11-22/h2*6,8-15,19-20,25,27H,1,7,16-18H2,2-5H3/t19-,20+,25+;19-,20+,25-/m00/s1. The van der Waals surface area contributed by atoms with Gasteiger partial charge in [0.15, 0.2) is 0 Å². The number of aliphatic hydroxyl groups is 2. The van der Waals surface area contributed by atoms with Crippen LogP contribution in [0.15, 0.2) is 122 Å². The Kier molecular flexibility index (Phi) is 22.0. The summed E-state index contributed by atoms with van der Waals surface area (Å²) >= 11 is 0. The van der Waals surface area contributed by atoms with Crippen LogP contribution >= 0.6 is 0 Å². The molecule has 0 unspecified atom stereocenters. The first-order valence-electron chi connectivity index (χ1n) is 21.5. The number of aliphatic hydroxyl groups excluding tert-OH is 2. The molecule has 0 aliphatic carbocycles. The topological polar surface area (TPSA) is 152 Å². The van der Waals surface area contributed by atoms with Crippen molar-refractivity contribution in [3.05, 3.63) is 145 Å². The van der Waals surface area contributed by atoms with Crippen molar-refractivity contribution in [3.8, 4) is 23.0 Å². The van der Waals surface area contributed by atoms with E-state index in [0.29, 0.717) is 35.8 Å². The quantitative estimate of drug-likeness (QED) is 0.0585. The van der Waals surface area contributed by atoms with Gasteiger partial charge in [-0.25, -0.2) is 16.8 Å². The van der Waals surface area contributed by atoms with Crippen LogP contribution in [-0.2, 0) is 46.2 Å². The van der Waals surface area contributed by atoms with Crippen LogP contribution in [0.25, 0.3) is 0 Å². The Morgan fingerprint density at radius 3 is 0.859 bits per heavy atom. The van der Waals surface area contributed by atoms with Crippen molar-refractivity contribution in [1.29, 1.82) is 0 Å². The van der Waals surface area contributed by atoms with Crippen LogP contribution in [0.3, 0.4) is 0 Å². The van der Waals surface area contributed by atoms with E-state index in [1.807, 2.05) is 111 Å². The van der Waals surface area contributed by atoms with E-state index in [-0.39, 0.29) is 50.9 Å². The fourth-order valence-corrected chi connectivity index (χ4v) is 11.9. The molecule has 14 heteroatoms. The fourth-order valence-electron chi connectivity index (χ4n) is 7.39. The number of nitrogens with zero attached hydrogens (tertiary/aromatic N) is 2. The lowest BCUT2D eigenvalue weighted by molar-refractivity contribution is 0.173. The molecule has 64 heavy (non-hydrogen) atoms. The summed E-state index contributed by atoms with van der Waals surface area (Å²) in [5.74, 6) is 2.49. The number of allylic oxidation sites excluding steroid dienone is 2. The van der Waals surface area contributed by atoms with Crippen molar-refractivity contribution in [2.24, 2.45) is 11.8 Å². The van der Waals surface area contributed by atoms with Gasteiger partial charge in [0, 0.05) is 26.2 Å². The maximum absolute atomic E-state index is 13.9. The molecule has 0 heterocycles. The smallest absolute Gasteiger partial charge is 0.217 e. The second kappa shape index (κ2) is 26.3. The van der Waals surface area contributed by atoms with Crippen LogP contribution < -0.4 is 18.9 Å². The summed E-state index contributed by atoms with van der Waals surface area (Å²) in [6, 6.07) is 29.5. The second-order valence-corrected chi connectivity index (χ2v) is 20.6. The third-order valence-corrected chi connectivity index (χ3v) is 15.9. The lowest BCUT2D eigenvalue weighted by atomic mass is 9.99. The number of rotatable bonds is 26. The van der Waals surface area contributed by atoms with Gasteiger partial charge >= 0.3 is 0 Å². The molecule has 0 spiro atoms. The minimum atomic E-state index is -3.74. The molecule has 4 aromatic rings. The van der Waals surface area contributed by atoms with Crippen LogP contribution in [-0.4, -0.2) is 86.8 Å². The zero-order valence-electron chi connectivity index (χ0n) is 38.8. The molecule has 0 bridgehead atoms. The van der Waals surface area contributed by atoms with Crippen LogP contribution in [0.5, 0.6) is 23.0 Å². The van der Waals surface area contributed by atoms with Crippen molar-refractivity contribution in [3.63, 3.8) is 0 Å². The van der Waals surface area contributed by atoms with Crippen LogP contribution in [0.4, 0.5) is 0 Å². The molecule has 0 aromatic heterocycles. The van der Waals surface area contributed by atoms with Crippen molar-refractivity contribution in [2.75, 3.05) is 28.4 Å². The summed E-state index contributed by atoms with van der Waals surface area (Å²) in [5, 5.41) is 18.6. The number of ether oxygens (including phenoxy) is 4. The van der Waals surface area contributed by atoms with Crippen LogP contribution in [0.2, 0.25) is 0 Å². The minimum absolute atomic E-state index is 0.166. The van der Waals surface area contributed by atoms with Crippen molar-refractivity contribution >= 4 is 20.0 Å². The van der Waals surface area contributed by atoms with E-state index in [4.69, 9.17) is 18.9 Å². The summed E-state index contributed by atoms with van der Waals surface area (Å²) in [6.07, 6.45) is 3.43. The number of benzene rings is 4. The Bertz CT molecular complexity index is 1940. The van der Waals surface area contributed by atoms with Gasteiger partial charge in [-0.15, -0.1) is 13.2 Å². The average Bonchev–Trinajstić information content (AvgIpc) is 3.28. The van der Waals surface area contributed by atoms with E-state index in [0.717, 1.165) is 22.3 Å². The number of hydrogen-bond donors (Lipinski definition) is 2. The molecule has 12 nitrogen and oxygen atoms in total. The van der Waals surface area contributed by atoms with Crippen LogP contribution in [0.1, 0.15) is 75.6 Å². The van der Waals surface area contributed by atoms with Gasteiger partial charge in [-0.3, -0.25) is 0 Å². The molecule has 4 aromatic carbocycles. The predicted molar refractivity (Wildman–Crippen MR) is 256 cm³/mol. The molecule has 4 rings (SSSR count). The zero-order chi connectivity index (χ0) is 47.5. The molecule has 0 aliphatic rings. The lowest BCUT2D eigenvalue weighted by Gasteiger charge is -2.31. The van der Waals surface area contributed by atoms with Crippen molar-refractivity contribution < 1.29 is 46.0 Å². The Balaban J connectivity index is 0.000000340. The van der Waals surface area contributed by atoms with E-state index in [2.05, 4.69) is 13.2 Å². The van der Waals surface area contributed by atoms with E-state index in [1.54, 1.807) is 54.4 Å². The van der Waals surface area contributed by atoms with Gasteiger partial charge in [0.1, 0.15) is 23.0 Å². The highest BCUT2D eigenvalue weighted by molar-refractivity contribution is 7.90. The Labute approximate surface area is 383 Å². The Morgan fingerprint density at radius 2 is 0.688 bits per heavy atom. The van der Waals surface area contributed by atoms with Gasteiger partial charge in [-0.05, 0) is 122 Å². The van der Waals surface area contributed by atoms with Gasteiger partial charge in [-0.1, -0.05) is 74.5 Å². The minimum Gasteiger partial charge on any atom is -0.497 e. The summed E-state index contributed by atoms with van der Waals surface area (Å²) in [7, 11) is -1.11. The molecule has 6 atom stereocenters. The van der Waals surface area contributed by atoms with Gasteiger partial charge in [0.2, 0.25) is 20.0 Å². The van der Waals surface area contributed by atoms with Crippen LogP contribution in [0, 0.1) is 11.8 Å². The molecule has 0 radical (unpaired) electrons. The molecule has 0 amide bonds. The Morgan fingerprint density at radius 1 is 0.469 bits per heavy atom. The molecule has 352 valence electrons. The van der Waals surface area contributed by atoms with Crippen molar-refractivity contribution in [2.45, 2.75) is 102 Å². The highest BCUT2D eigenvalue weighted by Crippen LogP contribution is 2.30. The first kappa shape index (κ1) is 53.6. The van der Waals surface area contributed by atoms with E-state index >= 15 is 0 Å². The third kappa shape index (κ3) is 16.4. The molecule has 0 saturated carbocycles. The summed E-state index contributed by atoms with van der Waals surface area (Å²) in [6.45, 7) is 15.4. The predicted octanol–water partition coefficient (Wildman–Crippen LogP) is 8.78. The first-order chi connectivity index (χ1) is 30.4. The first-order valence-corrected chi connectivity index (χ1v) is 24.5. The van der Waals surface area contributed by atoms with Gasteiger partial charge < -0.3 is 29.2 Å². The molecule has 2 N–H and O–H groups in total. The summed E-state index contributed by atoms with van der Waals surface area (Å²) < 4.78 is 79.4. The number of methoxy groups -OCH3 is 4. The highest BCUT2D eigenvalue weighted by Gasteiger charge is 2.38. The van der Waals surface area contributed by atoms with Crippen molar-refractivity contribution in [1.82, 2.24) is 8.61 Å². The summed E-state index contributed by atoms with van der Waals surface area (Å²) in [4.78, 5) is 0. The van der Waals surface area contributed by atoms with E-state index in [9.17, 15) is 27.0 Å². The highest BCUT2D eigenvalue weighted by atomic mass is 32.2. The monoisotopic (exact) mass is 922 g/mol. The second-order valence-electron chi connectivity index (χ2n) is 16.3. The van der Waals surface area contributed by atoms with E-state index in [1.165, 1.54) is 8.61 Å². The average molecular weight is 923 g/mol. The number of hydrogen-bond acceptors (Lipinski definition) is 10. The SMILES string of the molecule is C=CC[C@H](C)[C@@H](C[C@@H](C)O)S(=O)(=O)N(Cc1ccc(OC)cc1)Cc1ccc(OC)cc1.C=CC[C@H](C)[C@H](C[C@@H](C)O)S(=O)(=O)N(Cc1ccc(OC)cc1)Cc1ccc(OC)cc1. The molecule has 0 fully saturated rings. The van der Waals surface area contributed by atoms with Gasteiger partial charge in [-0.2, -0.15) is 8.61 Å². The fraction of sp³-hybridized carbons (Fsp3) is 0.440. The number of sulfonamides is 2. The zero-order valence-corrected chi connectivity index (χ0v) is 40.4. The molecule has 0 aliphatic heterocycles. The Hall–Kier alpha value is -4.70.